The quantitative estimate of drug-likeness (QED) is 0.748. The Morgan fingerprint density at radius 2 is 1.91 bits per heavy atom. The first kappa shape index (κ1) is 16.2. The van der Waals surface area contributed by atoms with E-state index < -0.39 is 5.60 Å². The number of carbonyl (C=O) groups excluding carboxylic acids is 1. The zero-order valence-electron chi connectivity index (χ0n) is 13.2. The van der Waals surface area contributed by atoms with Crippen molar-refractivity contribution in [3.8, 4) is 12.3 Å². The number of hydrogen-bond donors (Lipinski definition) is 0. The fourth-order valence-corrected chi connectivity index (χ4v) is 2.31. The van der Waals surface area contributed by atoms with Gasteiger partial charge in [0, 0.05) is 31.7 Å². The second-order valence-electron chi connectivity index (χ2n) is 6.26. The predicted molar refractivity (Wildman–Crippen MR) is 84.4 cm³/mol. The first-order valence-electron chi connectivity index (χ1n) is 7.29. The van der Waals surface area contributed by atoms with E-state index in [9.17, 15) is 9.18 Å². The lowest BCUT2D eigenvalue weighted by molar-refractivity contribution is 0.0240. The Balaban J connectivity index is 1.98. The van der Waals surface area contributed by atoms with E-state index in [1.54, 1.807) is 17.0 Å². The Kier molecular flexibility index (Phi) is 4.60. The maximum absolute atomic E-state index is 14.1. The van der Waals surface area contributed by atoms with E-state index in [2.05, 4.69) is 5.92 Å². The van der Waals surface area contributed by atoms with Crippen molar-refractivity contribution in [2.24, 2.45) is 0 Å². The Hall–Kier alpha value is -2.22. The molecule has 0 bridgehead atoms. The summed E-state index contributed by atoms with van der Waals surface area (Å²) in [6.07, 6.45) is 4.94. The normalized spacial score (nSPS) is 15.4. The molecule has 0 saturated carbocycles. The number of hydrogen-bond acceptors (Lipinski definition) is 3. The molecule has 1 fully saturated rings. The first-order valence-corrected chi connectivity index (χ1v) is 7.29. The van der Waals surface area contributed by atoms with E-state index in [0.717, 1.165) is 0 Å². The summed E-state index contributed by atoms with van der Waals surface area (Å²) in [4.78, 5) is 15.6. The number of nitrogens with zero attached hydrogens (tertiary/aromatic N) is 2. The van der Waals surface area contributed by atoms with Crippen molar-refractivity contribution in [2.75, 3.05) is 31.1 Å². The summed E-state index contributed by atoms with van der Waals surface area (Å²) in [7, 11) is 0. The lowest BCUT2D eigenvalue weighted by Crippen LogP contribution is -2.50. The smallest absolute Gasteiger partial charge is 0.410 e. The molecular formula is C17H21FN2O2. The molecule has 22 heavy (non-hydrogen) atoms. The van der Waals surface area contributed by atoms with E-state index >= 15 is 0 Å². The van der Waals surface area contributed by atoms with Gasteiger partial charge >= 0.3 is 6.09 Å². The fraction of sp³-hybridized carbons (Fsp3) is 0.471. The molecule has 0 unspecified atom stereocenters. The number of anilines is 1. The van der Waals surface area contributed by atoms with E-state index in [-0.39, 0.29) is 11.9 Å². The molecule has 2 rings (SSSR count). The Morgan fingerprint density at radius 1 is 1.27 bits per heavy atom. The highest BCUT2D eigenvalue weighted by atomic mass is 19.1. The minimum Gasteiger partial charge on any atom is -0.444 e. The van der Waals surface area contributed by atoms with E-state index in [0.29, 0.717) is 37.4 Å². The van der Waals surface area contributed by atoms with Gasteiger partial charge in [-0.3, -0.25) is 0 Å². The maximum atomic E-state index is 14.1. The third-order valence-corrected chi connectivity index (χ3v) is 3.39. The van der Waals surface area contributed by atoms with Gasteiger partial charge in [0.15, 0.2) is 0 Å². The monoisotopic (exact) mass is 304 g/mol. The van der Waals surface area contributed by atoms with Gasteiger partial charge in [-0.1, -0.05) is 5.92 Å². The second kappa shape index (κ2) is 6.27. The molecule has 118 valence electrons. The van der Waals surface area contributed by atoms with Crippen LogP contribution in [0.15, 0.2) is 18.2 Å². The lowest BCUT2D eigenvalue weighted by Gasteiger charge is -2.36. The number of terminal acetylenes is 1. The molecule has 1 aromatic rings. The zero-order valence-corrected chi connectivity index (χ0v) is 13.2. The maximum Gasteiger partial charge on any atom is 0.410 e. The Labute approximate surface area is 130 Å². The van der Waals surface area contributed by atoms with Crippen molar-refractivity contribution < 1.29 is 13.9 Å². The summed E-state index contributed by atoms with van der Waals surface area (Å²) in [5.74, 6) is 2.08. The zero-order chi connectivity index (χ0) is 16.3. The number of benzene rings is 1. The highest BCUT2D eigenvalue weighted by Gasteiger charge is 2.26. The van der Waals surface area contributed by atoms with Gasteiger partial charge in [-0.15, -0.1) is 6.42 Å². The molecule has 0 radical (unpaired) electrons. The summed E-state index contributed by atoms with van der Waals surface area (Å²) >= 11 is 0. The van der Waals surface area contributed by atoms with Gasteiger partial charge in [0.25, 0.3) is 0 Å². The molecule has 1 heterocycles. The lowest BCUT2D eigenvalue weighted by atomic mass is 10.1. The highest BCUT2D eigenvalue weighted by molar-refractivity contribution is 5.68. The Morgan fingerprint density at radius 3 is 2.41 bits per heavy atom. The summed E-state index contributed by atoms with van der Waals surface area (Å²) < 4.78 is 19.4. The molecule has 0 atom stereocenters. The van der Waals surface area contributed by atoms with Crippen LogP contribution in [0, 0.1) is 18.2 Å². The predicted octanol–water partition coefficient (Wildman–Crippen LogP) is 2.86. The molecule has 0 N–H and O–H groups in total. The van der Waals surface area contributed by atoms with Crippen molar-refractivity contribution in [1.29, 1.82) is 0 Å². The van der Waals surface area contributed by atoms with Gasteiger partial charge in [0.2, 0.25) is 0 Å². The summed E-state index contributed by atoms with van der Waals surface area (Å²) in [5, 5.41) is 0. The molecule has 0 aliphatic carbocycles. The minimum absolute atomic E-state index is 0.324. The van der Waals surface area contributed by atoms with Crippen LogP contribution in [0.3, 0.4) is 0 Å². The van der Waals surface area contributed by atoms with Crippen molar-refractivity contribution in [2.45, 2.75) is 26.4 Å². The molecule has 5 heteroatoms. The summed E-state index contributed by atoms with van der Waals surface area (Å²) in [5.41, 5.74) is 0.530. The van der Waals surface area contributed by atoms with Crippen molar-refractivity contribution in [3.63, 3.8) is 0 Å². The van der Waals surface area contributed by atoms with Gasteiger partial charge in [0.05, 0.1) is 5.69 Å². The molecule has 0 aromatic heterocycles. The average Bonchev–Trinajstić information content (AvgIpc) is 2.45. The number of ether oxygens (including phenoxy) is 1. The number of carbonyl (C=O) groups is 1. The molecule has 0 spiro atoms. The number of halogens is 1. The molecule has 1 aliphatic rings. The number of amides is 1. The van der Waals surface area contributed by atoms with Crippen LogP contribution in [0.5, 0.6) is 0 Å². The van der Waals surface area contributed by atoms with Crippen LogP contribution in [-0.4, -0.2) is 42.8 Å². The first-order chi connectivity index (χ1) is 10.3. The SMILES string of the molecule is C#Cc1ccc(N2CCN(C(=O)OC(C)(C)C)CC2)c(F)c1. The second-order valence-corrected chi connectivity index (χ2v) is 6.26. The number of piperazine rings is 1. The third-order valence-electron chi connectivity index (χ3n) is 3.39. The molecule has 1 aliphatic heterocycles. The van der Waals surface area contributed by atoms with Gasteiger partial charge < -0.3 is 14.5 Å². The fourth-order valence-electron chi connectivity index (χ4n) is 2.31. The third kappa shape index (κ3) is 3.91. The van der Waals surface area contributed by atoms with Crippen molar-refractivity contribution in [1.82, 2.24) is 4.90 Å². The number of rotatable bonds is 1. The largest absolute Gasteiger partial charge is 0.444 e. The minimum atomic E-state index is -0.509. The highest BCUT2D eigenvalue weighted by Crippen LogP contribution is 2.22. The van der Waals surface area contributed by atoms with Crippen molar-refractivity contribution in [3.05, 3.63) is 29.6 Å². The Bertz CT molecular complexity index is 594. The summed E-state index contributed by atoms with van der Waals surface area (Å²) in [6.45, 7) is 7.64. The molecular weight excluding hydrogens is 283 g/mol. The standard InChI is InChI=1S/C17H21FN2O2/c1-5-13-6-7-15(14(18)12-13)19-8-10-20(11-9-19)16(21)22-17(2,3)4/h1,6-7,12H,8-11H2,2-4H3. The van der Waals surface area contributed by atoms with Crippen LogP contribution in [-0.2, 0) is 4.74 Å². The van der Waals surface area contributed by atoms with Gasteiger partial charge in [0.1, 0.15) is 11.4 Å². The van der Waals surface area contributed by atoms with Crippen LogP contribution in [0.1, 0.15) is 26.3 Å². The van der Waals surface area contributed by atoms with Gasteiger partial charge in [-0.2, -0.15) is 0 Å². The van der Waals surface area contributed by atoms with E-state index in [1.807, 2.05) is 25.7 Å². The van der Waals surface area contributed by atoms with Gasteiger partial charge in [-0.25, -0.2) is 9.18 Å². The van der Waals surface area contributed by atoms with Crippen LogP contribution >= 0.6 is 0 Å². The molecule has 1 aromatic carbocycles. The van der Waals surface area contributed by atoms with Crippen LogP contribution in [0.4, 0.5) is 14.9 Å². The topological polar surface area (TPSA) is 32.8 Å². The average molecular weight is 304 g/mol. The van der Waals surface area contributed by atoms with Gasteiger partial charge in [-0.05, 0) is 39.0 Å². The van der Waals surface area contributed by atoms with Crippen LogP contribution in [0.25, 0.3) is 0 Å². The molecule has 1 saturated heterocycles. The summed E-state index contributed by atoms with van der Waals surface area (Å²) in [6, 6.07) is 4.77. The van der Waals surface area contributed by atoms with Crippen LogP contribution in [0.2, 0.25) is 0 Å². The van der Waals surface area contributed by atoms with E-state index in [4.69, 9.17) is 11.2 Å². The molecule has 4 nitrogen and oxygen atoms in total. The van der Waals surface area contributed by atoms with Crippen molar-refractivity contribution >= 4 is 11.8 Å². The van der Waals surface area contributed by atoms with E-state index in [1.165, 1.54) is 6.07 Å². The van der Waals surface area contributed by atoms with Crippen LogP contribution < -0.4 is 4.90 Å². The molecule has 1 amide bonds.